The van der Waals surface area contributed by atoms with Crippen LogP contribution in [-0.4, -0.2) is 37.6 Å². The van der Waals surface area contributed by atoms with Gasteiger partial charge in [-0.3, -0.25) is 4.79 Å². The first-order valence-electron chi connectivity index (χ1n) is 8.36. The van der Waals surface area contributed by atoms with Crippen LogP contribution in [0.1, 0.15) is 37.2 Å². The first-order valence-corrected chi connectivity index (χ1v) is 8.36. The van der Waals surface area contributed by atoms with Gasteiger partial charge in [0.1, 0.15) is 5.75 Å². The van der Waals surface area contributed by atoms with Crippen LogP contribution in [0.5, 0.6) is 5.75 Å². The Labute approximate surface area is 132 Å². The minimum Gasteiger partial charge on any atom is -0.496 e. The minimum absolute atomic E-state index is 0.154. The van der Waals surface area contributed by atoms with Gasteiger partial charge in [0.25, 0.3) is 0 Å². The maximum absolute atomic E-state index is 12.8. The van der Waals surface area contributed by atoms with E-state index in [0.29, 0.717) is 24.3 Å². The highest BCUT2D eigenvalue weighted by Gasteiger charge is 2.37. The second-order valence-electron chi connectivity index (χ2n) is 6.54. The maximum Gasteiger partial charge on any atom is 0.226 e. The second kappa shape index (κ2) is 6.69. The van der Waals surface area contributed by atoms with Gasteiger partial charge in [-0.1, -0.05) is 24.6 Å². The largest absolute Gasteiger partial charge is 0.496 e. The Morgan fingerprint density at radius 2 is 2.14 bits per heavy atom. The lowest BCUT2D eigenvalue weighted by Gasteiger charge is -2.24. The first-order chi connectivity index (χ1) is 10.7. The maximum atomic E-state index is 12.8. The molecule has 4 nitrogen and oxygen atoms in total. The first kappa shape index (κ1) is 15.3. The molecule has 1 saturated carbocycles. The van der Waals surface area contributed by atoms with Crippen molar-refractivity contribution in [2.45, 2.75) is 31.6 Å². The number of hydrogen-bond donors (Lipinski definition) is 1. The van der Waals surface area contributed by atoms with E-state index in [9.17, 15) is 4.79 Å². The van der Waals surface area contributed by atoms with E-state index in [-0.39, 0.29) is 5.92 Å². The average Bonchev–Trinajstić information content (AvgIpc) is 3.23. The number of amides is 1. The SMILES string of the molecule is COc1ccccc1C1CCN(C(=O)[C@@H]2CCC[C@@H]2CN)C1. The molecule has 1 aliphatic carbocycles. The number of benzene rings is 1. The van der Waals surface area contributed by atoms with E-state index < -0.39 is 0 Å². The Bertz CT molecular complexity index is 532. The number of para-hydroxylation sites is 1. The number of likely N-dealkylation sites (tertiary alicyclic amines) is 1. The summed E-state index contributed by atoms with van der Waals surface area (Å²) in [7, 11) is 1.71. The number of methoxy groups -OCH3 is 1. The number of carbonyl (C=O) groups excluding carboxylic acids is 1. The van der Waals surface area contributed by atoms with Gasteiger partial charge >= 0.3 is 0 Å². The molecule has 2 aliphatic rings. The molecule has 2 fully saturated rings. The zero-order valence-corrected chi connectivity index (χ0v) is 13.3. The van der Waals surface area contributed by atoms with Crippen LogP contribution in [0.15, 0.2) is 24.3 Å². The van der Waals surface area contributed by atoms with Gasteiger partial charge in [0.05, 0.1) is 7.11 Å². The van der Waals surface area contributed by atoms with E-state index in [2.05, 4.69) is 11.0 Å². The Balaban J connectivity index is 1.68. The predicted octanol–water partition coefficient (Wildman–Crippen LogP) is 2.39. The van der Waals surface area contributed by atoms with Gasteiger partial charge in [-0.25, -0.2) is 0 Å². The summed E-state index contributed by atoms with van der Waals surface area (Å²) in [6.07, 6.45) is 4.28. The molecule has 1 aliphatic heterocycles. The van der Waals surface area contributed by atoms with Gasteiger partial charge in [0.15, 0.2) is 0 Å². The van der Waals surface area contributed by atoms with Crippen molar-refractivity contribution in [3.63, 3.8) is 0 Å². The minimum atomic E-state index is 0.154. The van der Waals surface area contributed by atoms with Crippen LogP contribution in [0.3, 0.4) is 0 Å². The molecular weight excluding hydrogens is 276 g/mol. The van der Waals surface area contributed by atoms with Gasteiger partial charge in [0.2, 0.25) is 5.91 Å². The van der Waals surface area contributed by atoms with Crippen molar-refractivity contribution in [3.8, 4) is 5.75 Å². The average molecular weight is 302 g/mol. The normalized spacial score (nSPS) is 28.1. The smallest absolute Gasteiger partial charge is 0.226 e. The Morgan fingerprint density at radius 1 is 1.32 bits per heavy atom. The summed E-state index contributed by atoms with van der Waals surface area (Å²) in [6, 6.07) is 8.16. The summed E-state index contributed by atoms with van der Waals surface area (Å²) < 4.78 is 5.47. The van der Waals surface area contributed by atoms with Crippen LogP contribution in [-0.2, 0) is 4.79 Å². The molecule has 1 aromatic rings. The molecule has 0 spiro atoms. The van der Waals surface area contributed by atoms with Crippen molar-refractivity contribution in [2.24, 2.45) is 17.6 Å². The van der Waals surface area contributed by atoms with Gasteiger partial charge < -0.3 is 15.4 Å². The van der Waals surface area contributed by atoms with Crippen molar-refractivity contribution in [1.82, 2.24) is 4.90 Å². The lowest BCUT2D eigenvalue weighted by Crippen LogP contribution is -2.37. The molecule has 1 heterocycles. The standard InChI is InChI=1S/C18H26N2O2/c1-22-17-8-3-2-6-15(17)14-9-10-20(12-14)18(21)16-7-4-5-13(16)11-19/h2-3,6,8,13-14,16H,4-5,7,9-12,19H2,1H3/t13-,14?,16-/m1/s1. The van der Waals surface area contributed by atoms with Crippen molar-refractivity contribution in [3.05, 3.63) is 29.8 Å². The molecule has 22 heavy (non-hydrogen) atoms. The van der Waals surface area contributed by atoms with Crippen LogP contribution < -0.4 is 10.5 Å². The molecule has 1 aromatic carbocycles. The molecule has 1 unspecified atom stereocenters. The lowest BCUT2D eigenvalue weighted by molar-refractivity contribution is -0.135. The molecule has 0 bridgehead atoms. The number of ether oxygens (including phenoxy) is 1. The van der Waals surface area contributed by atoms with Crippen LogP contribution in [0, 0.1) is 11.8 Å². The fraction of sp³-hybridized carbons (Fsp3) is 0.611. The monoisotopic (exact) mass is 302 g/mol. The van der Waals surface area contributed by atoms with Crippen LogP contribution >= 0.6 is 0 Å². The third-order valence-corrected chi connectivity index (χ3v) is 5.36. The summed E-state index contributed by atoms with van der Waals surface area (Å²) in [5.74, 6) is 2.19. The van der Waals surface area contributed by atoms with Gasteiger partial charge in [-0.2, -0.15) is 0 Å². The molecule has 120 valence electrons. The molecule has 0 radical (unpaired) electrons. The molecule has 4 heteroatoms. The van der Waals surface area contributed by atoms with Crippen molar-refractivity contribution in [2.75, 3.05) is 26.7 Å². The molecule has 1 saturated heterocycles. The van der Waals surface area contributed by atoms with Gasteiger partial charge in [-0.05, 0) is 43.4 Å². The van der Waals surface area contributed by atoms with Crippen molar-refractivity contribution < 1.29 is 9.53 Å². The fourth-order valence-corrected chi connectivity index (χ4v) is 4.10. The number of nitrogens with zero attached hydrogens (tertiary/aromatic N) is 1. The Morgan fingerprint density at radius 3 is 2.91 bits per heavy atom. The molecule has 1 amide bonds. The highest BCUT2D eigenvalue weighted by Crippen LogP contribution is 2.37. The number of carbonyl (C=O) groups is 1. The summed E-state index contributed by atoms with van der Waals surface area (Å²) in [5, 5.41) is 0. The summed E-state index contributed by atoms with van der Waals surface area (Å²) in [6.45, 7) is 2.31. The van der Waals surface area contributed by atoms with Crippen LogP contribution in [0.2, 0.25) is 0 Å². The summed E-state index contributed by atoms with van der Waals surface area (Å²) >= 11 is 0. The third-order valence-electron chi connectivity index (χ3n) is 5.36. The number of nitrogens with two attached hydrogens (primary N) is 1. The molecular formula is C18H26N2O2. The zero-order valence-electron chi connectivity index (χ0n) is 13.3. The van der Waals surface area contributed by atoms with E-state index in [1.807, 2.05) is 18.2 Å². The number of hydrogen-bond acceptors (Lipinski definition) is 3. The fourth-order valence-electron chi connectivity index (χ4n) is 4.10. The van der Waals surface area contributed by atoms with E-state index in [1.54, 1.807) is 7.11 Å². The summed E-state index contributed by atoms with van der Waals surface area (Å²) in [4.78, 5) is 14.8. The lowest BCUT2D eigenvalue weighted by atomic mass is 9.94. The predicted molar refractivity (Wildman–Crippen MR) is 86.8 cm³/mol. The van der Waals surface area contributed by atoms with E-state index in [1.165, 1.54) is 5.56 Å². The molecule has 3 atom stereocenters. The van der Waals surface area contributed by atoms with E-state index in [0.717, 1.165) is 44.5 Å². The molecule has 3 rings (SSSR count). The Hall–Kier alpha value is -1.55. The highest BCUT2D eigenvalue weighted by molar-refractivity contribution is 5.80. The summed E-state index contributed by atoms with van der Waals surface area (Å²) in [5.41, 5.74) is 7.05. The van der Waals surface area contributed by atoms with Crippen molar-refractivity contribution >= 4 is 5.91 Å². The third kappa shape index (κ3) is 2.84. The Kier molecular flexibility index (Phi) is 4.67. The van der Waals surface area contributed by atoms with Crippen molar-refractivity contribution in [1.29, 1.82) is 0 Å². The van der Waals surface area contributed by atoms with Crippen LogP contribution in [0.4, 0.5) is 0 Å². The second-order valence-corrected chi connectivity index (χ2v) is 6.54. The quantitative estimate of drug-likeness (QED) is 0.929. The van der Waals surface area contributed by atoms with Gasteiger partial charge in [-0.15, -0.1) is 0 Å². The van der Waals surface area contributed by atoms with E-state index in [4.69, 9.17) is 10.5 Å². The molecule has 2 N–H and O–H groups in total. The highest BCUT2D eigenvalue weighted by atomic mass is 16.5. The zero-order chi connectivity index (χ0) is 15.5. The molecule has 0 aromatic heterocycles. The topological polar surface area (TPSA) is 55.6 Å². The van der Waals surface area contributed by atoms with E-state index >= 15 is 0 Å². The van der Waals surface area contributed by atoms with Gasteiger partial charge in [0, 0.05) is 24.9 Å². The number of rotatable bonds is 4. The van der Waals surface area contributed by atoms with Crippen LogP contribution in [0.25, 0.3) is 0 Å².